The van der Waals surface area contributed by atoms with Gasteiger partial charge in [0.25, 0.3) is 0 Å². The minimum Gasteiger partial charge on any atom is -0.507 e. The molecule has 1 aliphatic heterocycles. The summed E-state index contributed by atoms with van der Waals surface area (Å²) in [7, 11) is 0. The molecule has 0 aromatic heterocycles. The summed E-state index contributed by atoms with van der Waals surface area (Å²) >= 11 is 0. The van der Waals surface area contributed by atoms with Crippen molar-refractivity contribution in [2.45, 2.75) is 25.5 Å². The number of hydrogen-bond acceptors (Lipinski definition) is 4. The summed E-state index contributed by atoms with van der Waals surface area (Å²) in [4.78, 5) is 0. The van der Waals surface area contributed by atoms with E-state index >= 15 is 0 Å². The lowest BCUT2D eigenvalue weighted by molar-refractivity contribution is 0.300. The molecule has 0 amide bonds. The van der Waals surface area contributed by atoms with Gasteiger partial charge >= 0.3 is 0 Å². The van der Waals surface area contributed by atoms with E-state index in [2.05, 4.69) is 5.32 Å². The Bertz CT molecular complexity index is 631. The van der Waals surface area contributed by atoms with Crippen LogP contribution in [0, 0.1) is 5.92 Å². The second-order valence-electron chi connectivity index (χ2n) is 6.11. The second-order valence-corrected chi connectivity index (χ2v) is 6.11. The molecular weight excluding hydrogens is 324 g/mol. The molecule has 24 heavy (non-hydrogen) atoms. The zero-order chi connectivity index (χ0) is 16.1. The number of phenols is 1. The predicted octanol–water partition coefficient (Wildman–Crippen LogP) is 3.39. The van der Waals surface area contributed by atoms with Crippen molar-refractivity contribution in [1.82, 2.24) is 5.32 Å². The first-order chi connectivity index (χ1) is 11.2. The third-order valence-electron chi connectivity index (χ3n) is 4.50. The van der Waals surface area contributed by atoms with Crippen molar-refractivity contribution in [2.75, 3.05) is 13.1 Å². The van der Waals surface area contributed by atoms with E-state index in [1.165, 1.54) is 0 Å². The van der Waals surface area contributed by atoms with E-state index in [0.29, 0.717) is 18.3 Å². The zero-order valence-corrected chi connectivity index (χ0v) is 14.5. The van der Waals surface area contributed by atoms with Crippen molar-refractivity contribution >= 4 is 12.4 Å². The number of nitrogens with two attached hydrogens (primary N) is 1. The van der Waals surface area contributed by atoms with E-state index in [4.69, 9.17) is 10.5 Å². The van der Waals surface area contributed by atoms with Crippen molar-refractivity contribution < 1.29 is 9.84 Å². The first-order valence-electron chi connectivity index (χ1n) is 8.20. The van der Waals surface area contributed by atoms with Gasteiger partial charge in [-0.2, -0.15) is 0 Å². The predicted molar refractivity (Wildman–Crippen MR) is 98.7 cm³/mol. The van der Waals surface area contributed by atoms with E-state index in [-0.39, 0.29) is 24.2 Å². The molecule has 0 spiro atoms. The van der Waals surface area contributed by atoms with Gasteiger partial charge in [0.15, 0.2) is 0 Å². The molecule has 0 radical (unpaired) electrons. The van der Waals surface area contributed by atoms with Crippen molar-refractivity contribution in [2.24, 2.45) is 11.7 Å². The Hall–Kier alpha value is -1.75. The number of halogens is 1. The van der Waals surface area contributed by atoms with Crippen molar-refractivity contribution in [3.8, 4) is 11.5 Å². The summed E-state index contributed by atoms with van der Waals surface area (Å²) in [5, 5.41) is 13.7. The maximum atomic E-state index is 10.3. The van der Waals surface area contributed by atoms with Gasteiger partial charge in [-0.15, -0.1) is 12.4 Å². The summed E-state index contributed by atoms with van der Waals surface area (Å²) in [5.74, 6) is 1.30. The van der Waals surface area contributed by atoms with Crippen molar-refractivity contribution in [3.05, 3.63) is 59.7 Å². The first kappa shape index (κ1) is 18.6. The van der Waals surface area contributed by atoms with Gasteiger partial charge in [0.05, 0.1) is 0 Å². The van der Waals surface area contributed by atoms with Gasteiger partial charge < -0.3 is 20.9 Å². The molecule has 3 rings (SSSR count). The van der Waals surface area contributed by atoms with Crippen LogP contribution in [0.4, 0.5) is 0 Å². The van der Waals surface area contributed by atoms with E-state index in [0.717, 1.165) is 37.1 Å². The highest BCUT2D eigenvalue weighted by Crippen LogP contribution is 2.34. The van der Waals surface area contributed by atoms with Crippen LogP contribution in [0.2, 0.25) is 0 Å². The molecule has 2 aromatic carbocycles. The quantitative estimate of drug-likeness (QED) is 0.774. The van der Waals surface area contributed by atoms with Gasteiger partial charge in [-0.05, 0) is 43.5 Å². The van der Waals surface area contributed by atoms with Gasteiger partial charge in [-0.1, -0.05) is 36.4 Å². The van der Waals surface area contributed by atoms with E-state index < -0.39 is 0 Å². The van der Waals surface area contributed by atoms with Gasteiger partial charge in [0.1, 0.15) is 18.1 Å². The maximum absolute atomic E-state index is 10.3. The lowest BCUT2D eigenvalue weighted by Gasteiger charge is -2.28. The Morgan fingerprint density at radius 1 is 1.12 bits per heavy atom. The molecule has 1 fully saturated rings. The second kappa shape index (κ2) is 8.92. The van der Waals surface area contributed by atoms with Crippen LogP contribution in [0.25, 0.3) is 0 Å². The molecule has 0 bridgehead atoms. The lowest BCUT2D eigenvalue weighted by atomic mass is 9.86. The Morgan fingerprint density at radius 2 is 1.83 bits per heavy atom. The zero-order valence-electron chi connectivity index (χ0n) is 13.7. The minimum atomic E-state index is -0.125. The van der Waals surface area contributed by atoms with Crippen LogP contribution in [0.1, 0.15) is 30.0 Å². The molecule has 2 aromatic rings. The third kappa shape index (κ3) is 4.63. The number of nitrogens with one attached hydrogen (secondary N) is 1. The number of hydrogen-bond donors (Lipinski definition) is 3. The van der Waals surface area contributed by atoms with Crippen LogP contribution in [0.15, 0.2) is 48.5 Å². The molecule has 130 valence electrons. The van der Waals surface area contributed by atoms with E-state index in [9.17, 15) is 5.11 Å². The molecule has 1 atom stereocenters. The molecule has 4 N–H and O–H groups in total. The van der Waals surface area contributed by atoms with Gasteiger partial charge in [0.2, 0.25) is 0 Å². The van der Waals surface area contributed by atoms with Crippen LogP contribution in [0.3, 0.4) is 0 Å². The highest BCUT2D eigenvalue weighted by atomic mass is 35.5. The van der Waals surface area contributed by atoms with Crippen LogP contribution in [0.5, 0.6) is 11.5 Å². The van der Waals surface area contributed by atoms with E-state index in [1.807, 2.05) is 42.5 Å². The largest absolute Gasteiger partial charge is 0.507 e. The molecule has 0 unspecified atom stereocenters. The molecule has 0 aliphatic carbocycles. The topological polar surface area (TPSA) is 67.5 Å². The van der Waals surface area contributed by atoms with Crippen LogP contribution >= 0.6 is 12.4 Å². The number of ether oxygens (including phenoxy) is 1. The highest BCUT2D eigenvalue weighted by molar-refractivity contribution is 5.85. The van der Waals surface area contributed by atoms with Crippen molar-refractivity contribution in [1.29, 1.82) is 0 Å². The third-order valence-corrected chi connectivity index (χ3v) is 4.50. The van der Waals surface area contributed by atoms with E-state index in [1.54, 1.807) is 6.07 Å². The SMILES string of the molecule is Cl.N[C@@H](c1ccc(OCc2ccccc2)cc1O)C1CCNCC1. The van der Waals surface area contributed by atoms with Gasteiger partial charge in [0, 0.05) is 17.7 Å². The van der Waals surface area contributed by atoms with Crippen LogP contribution in [-0.2, 0) is 6.61 Å². The summed E-state index contributed by atoms with van der Waals surface area (Å²) < 4.78 is 5.74. The number of phenolic OH excluding ortho intramolecular Hbond substituents is 1. The Labute approximate surface area is 149 Å². The average Bonchev–Trinajstić information content (AvgIpc) is 2.61. The fraction of sp³-hybridized carbons (Fsp3) is 0.368. The van der Waals surface area contributed by atoms with Crippen molar-refractivity contribution in [3.63, 3.8) is 0 Å². The van der Waals surface area contributed by atoms with Crippen LogP contribution in [-0.4, -0.2) is 18.2 Å². The normalized spacial score (nSPS) is 16.2. The fourth-order valence-electron chi connectivity index (χ4n) is 3.09. The minimum absolute atomic E-state index is 0. The monoisotopic (exact) mass is 348 g/mol. The van der Waals surface area contributed by atoms with Gasteiger partial charge in [-0.25, -0.2) is 0 Å². The molecule has 4 nitrogen and oxygen atoms in total. The van der Waals surface area contributed by atoms with Crippen LogP contribution < -0.4 is 15.8 Å². The number of piperidine rings is 1. The number of benzene rings is 2. The maximum Gasteiger partial charge on any atom is 0.124 e. The average molecular weight is 349 g/mol. The lowest BCUT2D eigenvalue weighted by Crippen LogP contribution is -2.33. The molecule has 1 aliphatic rings. The Morgan fingerprint density at radius 3 is 2.50 bits per heavy atom. The molecule has 1 saturated heterocycles. The molecule has 1 heterocycles. The van der Waals surface area contributed by atoms with Gasteiger partial charge in [-0.3, -0.25) is 0 Å². The summed E-state index contributed by atoms with van der Waals surface area (Å²) in [5.41, 5.74) is 8.27. The molecular formula is C19H25ClN2O2. The Kier molecular flexibility index (Phi) is 6.91. The molecule has 0 saturated carbocycles. The molecule has 5 heteroatoms. The standard InChI is InChI=1S/C19H24N2O2.ClH/c20-19(15-8-10-21-11-9-15)17-7-6-16(12-18(17)22)23-13-14-4-2-1-3-5-14;/h1-7,12,15,19,21-22H,8-11,13,20H2;1H/t19-;/m1./s1. The smallest absolute Gasteiger partial charge is 0.124 e. The fourth-order valence-corrected chi connectivity index (χ4v) is 3.09. The summed E-state index contributed by atoms with van der Waals surface area (Å²) in [6.45, 7) is 2.48. The summed E-state index contributed by atoms with van der Waals surface area (Å²) in [6.07, 6.45) is 2.10. The number of rotatable bonds is 5. The number of aromatic hydroxyl groups is 1. The summed E-state index contributed by atoms with van der Waals surface area (Å²) in [6, 6.07) is 15.3. The Balaban J connectivity index is 0.00000208. The highest BCUT2D eigenvalue weighted by Gasteiger charge is 2.23. The first-order valence-corrected chi connectivity index (χ1v) is 8.20.